The van der Waals surface area contributed by atoms with Crippen LogP contribution in [0.5, 0.6) is 0 Å². The Bertz CT molecular complexity index is 1230. The van der Waals surface area contributed by atoms with Gasteiger partial charge in [-0.15, -0.1) is 0 Å². The molecule has 1 aromatic carbocycles. The van der Waals surface area contributed by atoms with Crippen LogP contribution in [0.15, 0.2) is 26.0 Å². The van der Waals surface area contributed by atoms with Gasteiger partial charge in [-0.3, -0.25) is 9.59 Å². The number of benzene rings is 1. The summed E-state index contributed by atoms with van der Waals surface area (Å²) in [7, 11) is 0. The zero-order chi connectivity index (χ0) is 22.3. The highest BCUT2D eigenvalue weighted by Crippen LogP contribution is 2.33. The molecule has 0 radical (unpaired) electrons. The summed E-state index contributed by atoms with van der Waals surface area (Å²) in [5.74, 6) is -0.967. The molecule has 1 saturated carbocycles. The van der Waals surface area contributed by atoms with Gasteiger partial charge >= 0.3 is 11.6 Å². The number of carboxylic acids is 1. The Morgan fingerprint density at radius 3 is 2.45 bits per heavy atom. The summed E-state index contributed by atoms with van der Waals surface area (Å²) in [6.45, 7) is 6.16. The number of carboxylic acid groups (broad SMARTS) is 1. The summed E-state index contributed by atoms with van der Waals surface area (Å²) < 4.78 is 11.2. The minimum absolute atomic E-state index is 0.0456. The van der Waals surface area contributed by atoms with Gasteiger partial charge in [-0.1, -0.05) is 0 Å². The molecular weight excluding hydrogens is 398 g/mol. The molecule has 1 aliphatic rings. The van der Waals surface area contributed by atoms with Gasteiger partial charge in [0, 0.05) is 22.9 Å². The molecule has 0 bridgehead atoms. The number of hydrogen-bond acceptors (Lipinski definition) is 5. The lowest BCUT2D eigenvalue weighted by atomic mass is 9.82. The third-order valence-electron chi connectivity index (χ3n) is 6.66. The molecule has 2 aromatic heterocycles. The molecule has 7 heteroatoms. The average Bonchev–Trinajstić information content (AvgIpc) is 3.12. The normalized spacial score (nSPS) is 19.1. The number of carbonyl (C=O) groups is 2. The van der Waals surface area contributed by atoms with Crippen molar-refractivity contribution in [2.45, 2.75) is 52.9 Å². The second-order valence-electron chi connectivity index (χ2n) is 8.70. The van der Waals surface area contributed by atoms with E-state index >= 15 is 0 Å². The van der Waals surface area contributed by atoms with Crippen molar-refractivity contribution < 1.29 is 23.5 Å². The van der Waals surface area contributed by atoms with E-state index in [4.69, 9.17) is 13.9 Å². The largest absolute Gasteiger partial charge is 0.481 e. The zero-order valence-corrected chi connectivity index (χ0v) is 18.0. The van der Waals surface area contributed by atoms with Gasteiger partial charge in [0.25, 0.3) is 0 Å². The number of amides is 1. The van der Waals surface area contributed by atoms with E-state index in [1.54, 1.807) is 6.26 Å². The molecule has 31 heavy (non-hydrogen) atoms. The second kappa shape index (κ2) is 8.21. The maximum absolute atomic E-state index is 12.7. The van der Waals surface area contributed by atoms with Crippen LogP contribution in [0.2, 0.25) is 0 Å². The molecule has 2 N–H and O–H groups in total. The maximum atomic E-state index is 12.7. The molecule has 3 aromatic rings. The highest BCUT2D eigenvalue weighted by atomic mass is 16.4. The smallest absolute Gasteiger partial charge is 0.340 e. The van der Waals surface area contributed by atoms with Crippen molar-refractivity contribution in [2.24, 2.45) is 11.8 Å². The van der Waals surface area contributed by atoms with Crippen LogP contribution in [0, 0.1) is 32.6 Å². The summed E-state index contributed by atoms with van der Waals surface area (Å²) in [5.41, 5.74) is 3.57. The number of fused-ring (bicyclic) bond motifs is 2. The topological polar surface area (TPSA) is 110 Å². The Balaban J connectivity index is 1.51. The van der Waals surface area contributed by atoms with E-state index in [0.717, 1.165) is 40.3 Å². The van der Waals surface area contributed by atoms with Crippen LogP contribution in [-0.2, 0) is 16.0 Å². The first kappa shape index (κ1) is 21.2. The fourth-order valence-electron chi connectivity index (χ4n) is 4.62. The summed E-state index contributed by atoms with van der Waals surface area (Å²) in [5, 5.41) is 13.8. The minimum Gasteiger partial charge on any atom is -0.481 e. The third kappa shape index (κ3) is 3.96. The standard InChI is InChI=1S/C24H27NO6/c1-12-11-30-21-14(3)22-18(8-17(12)21)13(2)19(24(29)31-22)9-20(26)25-10-15-4-6-16(7-5-15)23(27)28/h8,11,15-16H,4-7,9-10H2,1-3H3,(H,25,26)(H,27,28). The number of aryl methyl sites for hydroxylation is 3. The van der Waals surface area contributed by atoms with Crippen molar-refractivity contribution in [3.05, 3.63) is 45.0 Å². The highest BCUT2D eigenvalue weighted by molar-refractivity contribution is 6.00. The lowest BCUT2D eigenvalue weighted by molar-refractivity contribution is -0.143. The van der Waals surface area contributed by atoms with Crippen LogP contribution in [-0.4, -0.2) is 23.5 Å². The predicted octanol–water partition coefficient (Wildman–Crippen LogP) is 4.01. The van der Waals surface area contributed by atoms with Crippen LogP contribution in [0.4, 0.5) is 0 Å². The van der Waals surface area contributed by atoms with Gasteiger partial charge in [0.15, 0.2) is 0 Å². The van der Waals surface area contributed by atoms with E-state index < -0.39 is 11.6 Å². The second-order valence-corrected chi connectivity index (χ2v) is 8.70. The van der Waals surface area contributed by atoms with Crippen molar-refractivity contribution in [3.8, 4) is 0 Å². The van der Waals surface area contributed by atoms with Gasteiger partial charge in [-0.05, 0) is 69.6 Å². The van der Waals surface area contributed by atoms with Crippen LogP contribution < -0.4 is 10.9 Å². The van der Waals surface area contributed by atoms with Gasteiger partial charge in [0.2, 0.25) is 5.91 Å². The molecule has 1 amide bonds. The van der Waals surface area contributed by atoms with Crippen molar-refractivity contribution in [2.75, 3.05) is 6.54 Å². The molecule has 0 spiro atoms. The quantitative estimate of drug-likeness (QED) is 0.598. The first-order valence-corrected chi connectivity index (χ1v) is 10.7. The van der Waals surface area contributed by atoms with E-state index in [1.165, 1.54) is 0 Å². The average molecular weight is 425 g/mol. The molecule has 0 aliphatic heterocycles. The lowest BCUT2D eigenvalue weighted by Gasteiger charge is -2.26. The Kier molecular flexibility index (Phi) is 5.60. The van der Waals surface area contributed by atoms with Crippen LogP contribution in [0.3, 0.4) is 0 Å². The SMILES string of the molecule is Cc1coc2c(C)c3oc(=O)c(CC(=O)NCC4CCC(C(=O)O)CC4)c(C)c3cc12. The Hall–Kier alpha value is -3.09. The molecule has 0 saturated heterocycles. The maximum Gasteiger partial charge on any atom is 0.340 e. The summed E-state index contributed by atoms with van der Waals surface area (Å²) in [6, 6.07) is 1.96. The number of furan rings is 1. The molecular formula is C24H27NO6. The Labute approximate surface area is 179 Å². The fourth-order valence-corrected chi connectivity index (χ4v) is 4.62. The molecule has 1 aliphatic carbocycles. The van der Waals surface area contributed by atoms with Crippen LogP contribution in [0.25, 0.3) is 21.9 Å². The van der Waals surface area contributed by atoms with Crippen molar-refractivity contribution in [1.29, 1.82) is 0 Å². The summed E-state index contributed by atoms with van der Waals surface area (Å²) in [4.78, 5) is 36.3. The zero-order valence-electron chi connectivity index (χ0n) is 18.0. The van der Waals surface area contributed by atoms with Crippen molar-refractivity contribution in [3.63, 3.8) is 0 Å². The Morgan fingerprint density at radius 2 is 1.77 bits per heavy atom. The molecule has 0 atom stereocenters. The van der Waals surface area contributed by atoms with Crippen molar-refractivity contribution in [1.82, 2.24) is 5.32 Å². The van der Waals surface area contributed by atoms with Crippen LogP contribution in [0.1, 0.15) is 47.9 Å². The van der Waals surface area contributed by atoms with E-state index in [-0.39, 0.29) is 24.2 Å². The highest BCUT2D eigenvalue weighted by Gasteiger charge is 2.26. The molecule has 1 fully saturated rings. The predicted molar refractivity (Wildman–Crippen MR) is 116 cm³/mol. The van der Waals surface area contributed by atoms with E-state index in [1.807, 2.05) is 26.8 Å². The summed E-state index contributed by atoms with van der Waals surface area (Å²) >= 11 is 0. The van der Waals surface area contributed by atoms with Gasteiger partial charge < -0.3 is 19.3 Å². The van der Waals surface area contributed by atoms with Gasteiger partial charge in [0.1, 0.15) is 11.2 Å². The number of rotatable bonds is 5. The van der Waals surface area contributed by atoms with E-state index in [0.29, 0.717) is 36.1 Å². The van der Waals surface area contributed by atoms with Gasteiger partial charge in [-0.2, -0.15) is 0 Å². The van der Waals surface area contributed by atoms with Gasteiger partial charge in [-0.25, -0.2) is 4.79 Å². The first-order valence-electron chi connectivity index (χ1n) is 10.7. The minimum atomic E-state index is -0.737. The number of carbonyl (C=O) groups excluding carboxylic acids is 1. The molecule has 2 heterocycles. The van der Waals surface area contributed by atoms with E-state index in [2.05, 4.69) is 5.32 Å². The molecule has 0 unspecified atom stereocenters. The number of nitrogens with one attached hydrogen (secondary N) is 1. The molecule has 164 valence electrons. The molecule has 4 rings (SSSR count). The Morgan fingerprint density at radius 1 is 1.06 bits per heavy atom. The van der Waals surface area contributed by atoms with Crippen LogP contribution >= 0.6 is 0 Å². The first-order chi connectivity index (χ1) is 14.8. The van der Waals surface area contributed by atoms with Gasteiger partial charge in [0.05, 0.1) is 24.2 Å². The lowest BCUT2D eigenvalue weighted by Crippen LogP contribution is -2.34. The monoisotopic (exact) mass is 425 g/mol. The third-order valence-corrected chi connectivity index (χ3v) is 6.66. The summed E-state index contributed by atoms with van der Waals surface area (Å²) in [6.07, 6.45) is 4.49. The number of hydrogen-bond donors (Lipinski definition) is 2. The molecule has 7 nitrogen and oxygen atoms in total. The fraction of sp³-hybridized carbons (Fsp3) is 0.458. The van der Waals surface area contributed by atoms with Crippen molar-refractivity contribution >= 4 is 33.8 Å². The van der Waals surface area contributed by atoms with E-state index in [9.17, 15) is 14.4 Å². The number of aliphatic carboxylic acids is 1.